The Morgan fingerprint density at radius 2 is 1.91 bits per heavy atom. The average Bonchev–Trinajstić information content (AvgIpc) is 3.24. The zero-order chi connectivity index (χ0) is 23.3. The number of hydrogen-bond acceptors (Lipinski definition) is 6. The SMILES string of the molecule is C[C@]12C[C@@H](NC[C@H](O)c3ccc(O)c4[nH]c(=O)ccc34)C[C@H]1C(=O)N(C1CCCCC1)C2=O. The van der Waals surface area contributed by atoms with E-state index in [1.807, 2.05) is 6.92 Å². The number of likely N-dealkylation sites (tertiary alicyclic amines) is 1. The van der Waals surface area contributed by atoms with Gasteiger partial charge in [-0.05, 0) is 50.3 Å². The van der Waals surface area contributed by atoms with Crippen molar-refractivity contribution in [3.63, 3.8) is 0 Å². The summed E-state index contributed by atoms with van der Waals surface area (Å²) in [5, 5.41) is 24.8. The molecule has 8 heteroatoms. The molecule has 8 nitrogen and oxygen atoms in total. The number of carbonyl (C=O) groups excluding carboxylic acids is 2. The van der Waals surface area contributed by atoms with Crippen LogP contribution in [0.2, 0.25) is 0 Å². The zero-order valence-corrected chi connectivity index (χ0v) is 18.8. The Morgan fingerprint density at radius 1 is 1.15 bits per heavy atom. The number of carbonyl (C=O) groups is 2. The minimum absolute atomic E-state index is 0.0206. The van der Waals surface area contributed by atoms with Crippen LogP contribution >= 0.6 is 0 Å². The summed E-state index contributed by atoms with van der Waals surface area (Å²) in [6.07, 6.45) is 5.43. The number of fused-ring (bicyclic) bond motifs is 2. The van der Waals surface area contributed by atoms with Crippen molar-refractivity contribution in [2.45, 2.75) is 70.1 Å². The molecular formula is C25H31N3O5. The second-order valence-corrected chi connectivity index (χ2v) is 10.1. The van der Waals surface area contributed by atoms with E-state index in [2.05, 4.69) is 10.3 Å². The number of aliphatic hydroxyl groups is 1. The topological polar surface area (TPSA) is 123 Å². The maximum atomic E-state index is 13.3. The molecule has 1 aromatic carbocycles. The zero-order valence-electron chi connectivity index (χ0n) is 18.8. The second kappa shape index (κ2) is 8.25. The molecular weight excluding hydrogens is 422 g/mol. The third kappa shape index (κ3) is 3.65. The highest BCUT2D eigenvalue weighted by molar-refractivity contribution is 6.08. The third-order valence-electron chi connectivity index (χ3n) is 8.01. The molecule has 2 heterocycles. The number of aromatic amines is 1. The van der Waals surface area contributed by atoms with Crippen LogP contribution in [-0.4, -0.2) is 50.5 Å². The molecule has 1 saturated heterocycles. The number of nitrogens with one attached hydrogen (secondary N) is 2. The van der Waals surface area contributed by atoms with Crippen LogP contribution in [0.15, 0.2) is 29.1 Å². The molecule has 3 fully saturated rings. The Morgan fingerprint density at radius 3 is 2.64 bits per heavy atom. The molecule has 2 saturated carbocycles. The largest absolute Gasteiger partial charge is 0.506 e. The van der Waals surface area contributed by atoms with E-state index < -0.39 is 11.5 Å². The summed E-state index contributed by atoms with van der Waals surface area (Å²) < 4.78 is 0. The first kappa shape index (κ1) is 22.1. The summed E-state index contributed by atoms with van der Waals surface area (Å²) in [5.74, 6) is -0.403. The highest BCUT2D eigenvalue weighted by Gasteiger charge is 2.62. The number of H-pyrrole nitrogens is 1. The first-order valence-corrected chi connectivity index (χ1v) is 11.9. The predicted octanol–water partition coefficient (Wildman–Crippen LogP) is 2.34. The highest BCUT2D eigenvalue weighted by Crippen LogP contribution is 2.51. The summed E-state index contributed by atoms with van der Waals surface area (Å²) in [4.78, 5) is 42.3. The molecule has 5 rings (SSSR count). The first-order chi connectivity index (χ1) is 15.8. The Hall–Kier alpha value is -2.71. The van der Waals surface area contributed by atoms with Gasteiger partial charge in [-0.1, -0.05) is 25.3 Å². The molecule has 1 aromatic heterocycles. The number of pyridine rings is 1. The Labute approximate surface area is 192 Å². The van der Waals surface area contributed by atoms with E-state index in [0.29, 0.717) is 29.3 Å². The number of aromatic hydroxyl groups is 1. The maximum absolute atomic E-state index is 13.3. The number of benzene rings is 1. The van der Waals surface area contributed by atoms with Gasteiger partial charge in [-0.2, -0.15) is 0 Å². The molecule has 2 aliphatic carbocycles. The maximum Gasteiger partial charge on any atom is 0.248 e. The summed E-state index contributed by atoms with van der Waals surface area (Å²) in [6.45, 7) is 2.16. The molecule has 2 aromatic rings. The van der Waals surface area contributed by atoms with Crippen molar-refractivity contribution in [2.75, 3.05) is 6.54 Å². The van der Waals surface area contributed by atoms with E-state index in [1.54, 1.807) is 17.0 Å². The van der Waals surface area contributed by atoms with Gasteiger partial charge in [0.25, 0.3) is 0 Å². The van der Waals surface area contributed by atoms with Gasteiger partial charge in [0.05, 0.1) is 23.0 Å². The van der Waals surface area contributed by atoms with Crippen LogP contribution in [0.1, 0.15) is 63.5 Å². The summed E-state index contributed by atoms with van der Waals surface area (Å²) in [5.41, 5.74) is -0.126. The summed E-state index contributed by atoms with van der Waals surface area (Å²) >= 11 is 0. The number of imide groups is 1. The molecule has 0 spiro atoms. The minimum atomic E-state index is -0.877. The van der Waals surface area contributed by atoms with E-state index in [-0.39, 0.29) is 47.7 Å². The summed E-state index contributed by atoms with van der Waals surface area (Å²) in [6, 6.07) is 6.06. The Bertz CT molecular complexity index is 1150. The van der Waals surface area contributed by atoms with Crippen LogP contribution in [0.4, 0.5) is 0 Å². The van der Waals surface area contributed by atoms with E-state index in [1.165, 1.54) is 18.6 Å². The number of hydrogen-bond donors (Lipinski definition) is 4. The fraction of sp³-hybridized carbons (Fsp3) is 0.560. The first-order valence-electron chi connectivity index (χ1n) is 11.9. The van der Waals surface area contributed by atoms with Crippen molar-refractivity contribution in [3.05, 3.63) is 40.2 Å². The number of rotatable bonds is 5. The molecule has 33 heavy (non-hydrogen) atoms. The van der Waals surface area contributed by atoms with E-state index in [0.717, 1.165) is 25.7 Å². The lowest BCUT2D eigenvalue weighted by atomic mass is 9.82. The minimum Gasteiger partial charge on any atom is -0.506 e. The van der Waals surface area contributed by atoms with E-state index >= 15 is 0 Å². The van der Waals surface area contributed by atoms with Crippen molar-refractivity contribution in [1.82, 2.24) is 15.2 Å². The van der Waals surface area contributed by atoms with Crippen LogP contribution in [0.25, 0.3) is 10.9 Å². The molecule has 1 aliphatic heterocycles. The van der Waals surface area contributed by atoms with Crippen LogP contribution in [0, 0.1) is 11.3 Å². The van der Waals surface area contributed by atoms with Crippen LogP contribution in [-0.2, 0) is 9.59 Å². The van der Waals surface area contributed by atoms with Gasteiger partial charge in [0.2, 0.25) is 17.4 Å². The van der Waals surface area contributed by atoms with Crippen LogP contribution in [0.5, 0.6) is 5.75 Å². The predicted molar refractivity (Wildman–Crippen MR) is 123 cm³/mol. The van der Waals surface area contributed by atoms with Gasteiger partial charge in [0.15, 0.2) is 0 Å². The van der Waals surface area contributed by atoms with Crippen molar-refractivity contribution in [2.24, 2.45) is 11.3 Å². The van der Waals surface area contributed by atoms with Gasteiger partial charge in [-0.25, -0.2) is 0 Å². The van der Waals surface area contributed by atoms with Gasteiger partial charge in [-0.15, -0.1) is 0 Å². The highest BCUT2D eigenvalue weighted by atomic mass is 16.3. The fourth-order valence-electron chi connectivity index (χ4n) is 6.21. The van der Waals surface area contributed by atoms with E-state index in [4.69, 9.17) is 0 Å². The van der Waals surface area contributed by atoms with Gasteiger partial charge in [-0.3, -0.25) is 19.3 Å². The number of phenols is 1. The fourth-order valence-corrected chi connectivity index (χ4v) is 6.21. The number of aromatic nitrogens is 1. The number of aliphatic hydroxyl groups excluding tert-OH is 1. The Balaban J connectivity index is 1.27. The van der Waals surface area contributed by atoms with Gasteiger partial charge < -0.3 is 20.5 Å². The third-order valence-corrected chi connectivity index (χ3v) is 8.01. The summed E-state index contributed by atoms with van der Waals surface area (Å²) in [7, 11) is 0. The molecule has 0 radical (unpaired) electrons. The smallest absolute Gasteiger partial charge is 0.248 e. The van der Waals surface area contributed by atoms with Crippen LogP contribution in [0.3, 0.4) is 0 Å². The number of phenolic OH excluding ortho intramolecular Hbond substituents is 1. The monoisotopic (exact) mass is 453 g/mol. The molecule has 3 aliphatic rings. The van der Waals surface area contributed by atoms with Crippen LogP contribution < -0.4 is 10.9 Å². The Kier molecular flexibility index (Phi) is 5.53. The normalized spacial score (nSPS) is 29.1. The van der Waals surface area contributed by atoms with Gasteiger partial charge in [0.1, 0.15) is 5.75 Å². The van der Waals surface area contributed by atoms with Crippen molar-refractivity contribution < 1.29 is 19.8 Å². The van der Waals surface area contributed by atoms with Crippen molar-refractivity contribution in [1.29, 1.82) is 0 Å². The quantitative estimate of drug-likeness (QED) is 0.516. The molecule has 4 N–H and O–H groups in total. The van der Waals surface area contributed by atoms with Crippen molar-refractivity contribution in [3.8, 4) is 5.75 Å². The molecule has 2 amide bonds. The second-order valence-electron chi connectivity index (χ2n) is 10.1. The van der Waals surface area contributed by atoms with E-state index in [9.17, 15) is 24.6 Å². The lowest BCUT2D eigenvalue weighted by molar-refractivity contribution is -0.145. The van der Waals surface area contributed by atoms with Gasteiger partial charge >= 0.3 is 0 Å². The van der Waals surface area contributed by atoms with Gasteiger partial charge in [0, 0.05) is 30.1 Å². The molecule has 176 valence electrons. The lowest BCUT2D eigenvalue weighted by Gasteiger charge is -2.31. The van der Waals surface area contributed by atoms with Crippen molar-refractivity contribution >= 4 is 22.7 Å². The molecule has 0 unspecified atom stereocenters. The number of amides is 2. The number of nitrogens with zero attached hydrogens (tertiary/aromatic N) is 1. The molecule has 4 atom stereocenters. The molecule has 0 bridgehead atoms. The average molecular weight is 454 g/mol. The lowest BCUT2D eigenvalue weighted by Crippen LogP contribution is -2.44. The standard InChI is InChI=1S/C25H31N3O5/c1-25-12-14(11-18(25)23(32)28(24(25)33)15-5-3-2-4-6-15)26-13-20(30)16-7-9-19(29)22-17(16)8-10-21(31)27-22/h7-10,14-15,18,20,26,29-30H,2-6,11-13H2,1H3,(H,27,31)/t14-,18-,20-,25-/m0/s1.